The van der Waals surface area contributed by atoms with E-state index in [1.54, 1.807) is 11.3 Å². The maximum atomic E-state index is 11.8. The van der Waals surface area contributed by atoms with Crippen molar-refractivity contribution in [2.45, 2.75) is 13.0 Å². The molecule has 2 N–H and O–H groups in total. The highest BCUT2D eigenvalue weighted by molar-refractivity contribution is 7.13. The van der Waals surface area contributed by atoms with E-state index in [1.165, 1.54) is 5.56 Å². The van der Waals surface area contributed by atoms with Crippen molar-refractivity contribution in [2.24, 2.45) is 5.73 Å². The highest BCUT2D eigenvalue weighted by atomic mass is 35.5. The Morgan fingerprint density at radius 2 is 1.88 bits per heavy atom. The van der Waals surface area contributed by atoms with E-state index in [2.05, 4.69) is 22.4 Å². The Bertz CT molecular complexity index is 641. The monoisotopic (exact) mass is 366 g/mol. The molecule has 0 bridgehead atoms. The maximum Gasteiger partial charge on any atom is 0.223 e. The molecular weight excluding hydrogens is 344 g/mol. The van der Waals surface area contributed by atoms with E-state index in [9.17, 15) is 4.79 Å². The summed E-state index contributed by atoms with van der Waals surface area (Å²) in [6.07, 6.45) is 0.451. The number of hydrogen-bond acceptors (Lipinski definition) is 5. The topological polar surface area (TPSA) is 62.5 Å². The number of aromatic nitrogens is 1. The lowest BCUT2D eigenvalue weighted by molar-refractivity contribution is -0.132. The van der Waals surface area contributed by atoms with Gasteiger partial charge in [-0.2, -0.15) is 0 Å². The van der Waals surface area contributed by atoms with Crippen LogP contribution in [0.2, 0.25) is 0 Å². The molecule has 5 nitrogen and oxygen atoms in total. The second-order valence-corrected chi connectivity index (χ2v) is 6.56. The predicted octanol–water partition coefficient (Wildman–Crippen LogP) is 2.22. The number of thiazole rings is 1. The van der Waals surface area contributed by atoms with Crippen LogP contribution in [0.15, 0.2) is 35.7 Å². The molecule has 1 aromatic carbocycles. The molecule has 1 amide bonds. The minimum absolute atomic E-state index is 0. The van der Waals surface area contributed by atoms with Gasteiger partial charge in [0, 0.05) is 56.6 Å². The summed E-state index contributed by atoms with van der Waals surface area (Å²) < 4.78 is 0. The lowest BCUT2D eigenvalue weighted by Gasteiger charge is -2.34. The van der Waals surface area contributed by atoms with Gasteiger partial charge in [-0.15, -0.1) is 23.7 Å². The van der Waals surface area contributed by atoms with Crippen LogP contribution in [-0.4, -0.2) is 53.4 Å². The van der Waals surface area contributed by atoms with Crippen LogP contribution in [0.25, 0.3) is 10.6 Å². The van der Waals surface area contributed by atoms with Crippen molar-refractivity contribution < 1.29 is 4.79 Å². The molecule has 1 fully saturated rings. The van der Waals surface area contributed by atoms with Gasteiger partial charge < -0.3 is 10.6 Å². The Hall–Kier alpha value is -1.47. The minimum atomic E-state index is 0. The number of amides is 1. The van der Waals surface area contributed by atoms with Gasteiger partial charge in [-0.25, -0.2) is 4.98 Å². The van der Waals surface area contributed by atoms with Gasteiger partial charge in [-0.05, 0) is 0 Å². The quantitative estimate of drug-likeness (QED) is 0.881. The lowest BCUT2D eigenvalue weighted by Crippen LogP contribution is -2.48. The lowest BCUT2D eigenvalue weighted by atomic mass is 10.2. The summed E-state index contributed by atoms with van der Waals surface area (Å²) in [4.78, 5) is 20.9. The fourth-order valence-corrected chi connectivity index (χ4v) is 3.58. The van der Waals surface area contributed by atoms with Gasteiger partial charge >= 0.3 is 0 Å². The van der Waals surface area contributed by atoms with E-state index in [0.717, 1.165) is 43.4 Å². The molecule has 0 radical (unpaired) electrons. The normalized spacial score (nSPS) is 15.1. The Kier molecular flexibility index (Phi) is 7.17. The largest absolute Gasteiger partial charge is 0.340 e. The van der Waals surface area contributed by atoms with Crippen molar-refractivity contribution in [3.8, 4) is 10.6 Å². The number of hydrogen-bond donors (Lipinski definition) is 1. The summed E-state index contributed by atoms with van der Waals surface area (Å²) in [7, 11) is 0. The van der Waals surface area contributed by atoms with Crippen LogP contribution in [0.1, 0.15) is 12.1 Å². The highest BCUT2D eigenvalue weighted by Crippen LogP contribution is 2.24. The van der Waals surface area contributed by atoms with E-state index >= 15 is 0 Å². The second kappa shape index (κ2) is 9.13. The summed E-state index contributed by atoms with van der Waals surface area (Å²) >= 11 is 1.69. The molecule has 0 aliphatic carbocycles. The van der Waals surface area contributed by atoms with E-state index in [-0.39, 0.29) is 18.3 Å². The molecule has 130 valence electrons. The molecule has 1 aliphatic rings. The smallest absolute Gasteiger partial charge is 0.223 e. The molecule has 1 saturated heterocycles. The van der Waals surface area contributed by atoms with Gasteiger partial charge in [0.15, 0.2) is 0 Å². The Balaban J connectivity index is 0.00000208. The van der Waals surface area contributed by atoms with Gasteiger partial charge in [-0.3, -0.25) is 9.69 Å². The Labute approximate surface area is 152 Å². The molecule has 0 spiro atoms. The summed E-state index contributed by atoms with van der Waals surface area (Å²) in [5.41, 5.74) is 7.73. The van der Waals surface area contributed by atoms with Gasteiger partial charge in [0.25, 0.3) is 0 Å². The number of benzene rings is 1. The molecule has 1 aliphatic heterocycles. The fourth-order valence-electron chi connectivity index (χ4n) is 2.76. The number of nitrogens with zero attached hydrogens (tertiary/aromatic N) is 3. The van der Waals surface area contributed by atoms with Crippen molar-refractivity contribution in [3.05, 3.63) is 41.4 Å². The number of piperazine rings is 1. The van der Waals surface area contributed by atoms with Crippen LogP contribution in [0.3, 0.4) is 0 Å². The second-order valence-electron chi connectivity index (χ2n) is 5.71. The summed E-state index contributed by atoms with van der Waals surface area (Å²) in [5.74, 6) is 0.173. The standard InChI is InChI=1S/C17H22N4OS.ClH/c18-7-6-16(22)21-10-8-20(9-11-21)12-15-13-23-17(19-15)14-4-2-1-3-5-14;/h1-5,13H,6-12,18H2;1H. The fraction of sp³-hybridized carbons (Fsp3) is 0.412. The molecule has 7 heteroatoms. The third kappa shape index (κ3) is 4.77. The first kappa shape index (κ1) is 18.9. The Morgan fingerprint density at radius 1 is 1.17 bits per heavy atom. The van der Waals surface area contributed by atoms with Crippen LogP contribution in [0, 0.1) is 0 Å². The number of nitrogens with two attached hydrogens (primary N) is 1. The average molecular weight is 367 g/mol. The molecule has 0 saturated carbocycles. The molecule has 0 unspecified atom stereocenters. The Morgan fingerprint density at radius 3 is 2.54 bits per heavy atom. The zero-order chi connectivity index (χ0) is 16.1. The molecule has 2 aromatic rings. The highest BCUT2D eigenvalue weighted by Gasteiger charge is 2.21. The number of halogens is 1. The van der Waals surface area contributed by atoms with Crippen LogP contribution in [-0.2, 0) is 11.3 Å². The molecule has 24 heavy (non-hydrogen) atoms. The van der Waals surface area contributed by atoms with Gasteiger partial charge in [0.1, 0.15) is 5.01 Å². The molecule has 3 rings (SSSR count). The van der Waals surface area contributed by atoms with Crippen LogP contribution >= 0.6 is 23.7 Å². The van der Waals surface area contributed by atoms with E-state index in [1.807, 2.05) is 23.1 Å². The third-order valence-corrected chi connectivity index (χ3v) is 4.98. The van der Waals surface area contributed by atoms with Crippen LogP contribution in [0.4, 0.5) is 0 Å². The van der Waals surface area contributed by atoms with Crippen LogP contribution in [0.5, 0.6) is 0 Å². The maximum absolute atomic E-state index is 11.8. The number of rotatable bonds is 5. The van der Waals surface area contributed by atoms with E-state index in [0.29, 0.717) is 13.0 Å². The van der Waals surface area contributed by atoms with E-state index < -0.39 is 0 Å². The summed E-state index contributed by atoms with van der Waals surface area (Å²) in [6.45, 7) is 4.65. The summed E-state index contributed by atoms with van der Waals surface area (Å²) in [5, 5.41) is 3.20. The van der Waals surface area contributed by atoms with Crippen molar-refractivity contribution in [2.75, 3.05) is 32.7 Å². The predicted molar refractivity (Wildman–Crippen MR) is 100 cm³/mol. The first-order valence-corrected chi connectivity index (χ1v) is 8.84. The van der Waals surface area contributed by atoms with Crippen molar-refractivity contribution in [1.29, 1.82) is 0 Å². The molecule has 1 aromatic heterocycles. The summed E-state index contributed by atoms with van der Waals surface area (Å²) in [6, 6.07) is 10.3. The van der Waals surface area contributed by atoms with Gasteiger partial charge in [0.05, 0.1) is 5.69 Å². The van der Waals surface area contributed by atoms with Crippen LogP contribution < -0.4 is 5.73 Å². The SMILES string of the molecule is Cl.NCCC(=O)N1CCN(Cc2csc(-c3ccccc3)n2)CC1. The molecule has 0 atom stereocenters. The van der Waals surface area contributed by atoms with Crippen molar-refractivity contribution >= 4 is 29.7 Å². The number of carbonyl (C=O) groups is 1. The first-order chi connectivity index (χ1) is 11.3. The number of carbonyl (C=O) groups excluding carboxylic acids is 1. The zero-order valence-corrected chi connectivity index (χ0v) is 15.2. The van der Waals surface area contributed by atoms with Crippen molar-refractivity contribution in [3.63, 3.8) is 0 Å². The third-order valence-electron chi connectivity index (χ3n) is 4.04. The van der Waals surface area contributed by atoms with Crippen molar-refractivity contribution in [1.82, 2.24) is 14.8 Å². The molecule has 2 heterocycles. The van der Waals surface area contributed by atoms with Gasteiger partial charge in [-0.1, -0.05) is 30.3 Å². The average Bonchev–Trinajstić information content (AvgIpc) is 3.05. The van der Waals surface area contributed by atoms with Gasteiger partial charge in [0.2, 0.25) is 5.91 Å². The molecular formula is C17H23ClN4OS. The zero-order valence-electron chi connectivity index (χ0n) is 13.6. The van der Waals surface area contributed by atoms with E-state index in [4.69, 9.17) is 10.7 Å². The minimum Gasteiger partial charge on any atom is -0.340 e. The first-order valence-electron chi connectivity index (χ1n) is 7.96.